The van der Waals surface area contributed by atoms with Gasteiger partial charge in [-0.2, -0.15) is 0 Å². The second-order valence-electron chi connectivity index (χ2n) is 4.32. The second-order valence-corrected chi connectivity index (χ2v) is 4.32. The van der Waals surface area contributed by atoms with E-state index in [1.165, 1.54) is 5.01 Å². The Morgan fingerprint density at radius 1 is 1.33 bits per heavy atom. The molecule has 96 valence electrons. The zero-order valence-corrected chi connectivity index (χ0v) is 10.1. The highest BCUT2D eigenvalue weighted by Gasteiger charge is 2.43. The number of hydrazine groups is 1. The topological polar surface area (TPSA) is 92.7 Å². The van der Waals surface area contributed by atoms with Gasteiger partial charge in [0.25, 0.3) is 5.91 Å². The fraction of sp³-hybridized carbons (Fsp3) is 0.333. The molecule has 2 atom stereocenters. The molecule has 18 heavy (non-hydrogen) atoms. The van der Waals surface area contributed by atoms with Crippen molar-refractivity contribution >= 4 is 17.5 Å². The SMILES string of the molecule is CN1C(CC(N)=O)C(N)C(=O)N1c1ccccc1. The van der Waals surface area contributed by atoms with Gasteiger partial charge in [-0.15, -0.1) is 0 Å². The van der Waals surface area contributed by atoms with E-state index in [2.05, 4.69) is 0 Å². The molecule has 1 fully saturated rings. The average molecular weight is 248 g/mol. The number of likely N-dealkylation sites (N-methyl/N-ethyl adjacent to an activating group) is 1. The molecule has 1 heterocycles. The number of hydrogen-bond acceptors (Lipinski definition) is 4. The zero-order chi connectivity index (χ0) is 13.3. The first kappa shape index (κ1) is 12.5. The van der Waals surface area contributed by atoms with Crippen molar-refractivity contribution in [2.24, 2.45) is 11.5 Å². The van der Waals surface area contributed by atoms with Crippen LogP contribution in [0.4, 0.5) is 5.69 Å². The molecule has 0 bridgehead atoms. The lowest BCUT2D eigenvalue weighted by molar-refractivity contribution is -0.119. The summed E-state index contributed by atoms with van der Waals surface area (Å²) in [6, 6.07) is 8.04. The minimum atomic E-state index is -0.734. The smallest absolute Gasteiger partial charge is 0.260 e. The van der Waals surface area contributed by atoms with Gasteiger partial charge in [0.15, 0.2) is 0 Å². The van der Waals surface area contributed by atoms with E-state index in [9.17, 15) is 9.59 Å². The molecule has 1 aliphatic heterocycles. The summed E-state index contributed by atoms with van der Waals surface area (Å²) in [7, 11) is 1.73. The highest BCUT2D eigenvalue weighted by Crippen LogP contribution is 2.26. The van der Waals surface area contributed by atoms with Gasteiger partial charge in [-0.3, -0.25) is 9.59 Å². The molecule has 1 saturated heterocycles. The Kier molecular flexibility index (Phi) is 3.31. The van der Waals surface area contributed by atoms with Crippen LogP contribution in [-0.2, 0) is 9.59 Å². The molecule has 1 aliphatic rings. The van der Waals surface area contributed by atoms with Crippen molar-refractivity contribution in [3.63, 3.8) is 0 Å². The summed E-state index contributed by atoms with van der Waals surface area (Å²) >= 11 is 0. The molecular weight excluding hydrogens is 232 g/mol. The maximum atomic E-state index is 12.1. The predicted octanol–water partition coefficient (Wildman–Crippen LogP) is -0.549. The number of para-hydroxylation sites is 1. The van der Waals surface area contributed by atoms with Crippen LogP contribution in [0.3, 0.4) is 0 Å². The molecule has 6 nitrogen and oxygen atoms in total. The summed E-state index contributed by atoms with van der Waals surface area (Å²) in [4.78, 5) is 23.1. The van der Waals surface area contributed by atoms with Crippen LogP contribution in [0.1, 0.15) is 6.42 Å². The van der Waals surface area contributed by atoms with Gasteiger partial charge in [0.05, 0.1) is 11.7 Å². The first-order chi connectivity index (χ1) is 8.52. The fourth-order valence-electron chi connectivity index (χ4n) is 2.19. The lowest BCUT2D eigenvalue weighted by atomic mass is 10.1. The molecule has 2 amide bonds. The molecule has 1 aromatic carbocycles. The standard InChI is InChI=1S/C12H16N4O2/c1-15-9(7-10(13)17)11(14)12(18)16(15)8-5-3-2-4-6-8/h2-6,9,11H,7,14H2,1H3,(H2,13,17). The van der Waals surface area contributed by atoms with Crippen molar-refractivity contribution in [3.05, 3.63) is 30.3 Å². The number of carbonyl (C=O) groups is 2. The largest absolute Gasteiger partial charge is 0.370 e. The number of anilines is 1. The van der Waals surface area contributed by atoms with E-state index in [1.807, 2.05) is 30.3 Å². The van der Waals surface area contributed by atoms with Gasteiger partial charge in [0, 0.05) is 13.5 Å². The molecule has 0 aliphatic carbocycles. The molecule has 0 spiro atoms. The Labute approximate surface area is 105 Å². The number of amides is 2. The first-order valence-electron chi connectivity index (χ1n) is 5.68. The number of rotatable bonds is 3. The lowest BCUT2D eigenvalue weighted by Crippen LogP contribution is -2.43. The number of hydrogen-bond donors (Lipinski definition) is 2. The molecule has 0 radical (unpaired) electrons. The van der Waals surface area contributed by atoms with Crippen molar-refractivity contribution in [2.45, 2.75) is 18.5 Å². The van der Waals surface area contributed by atoms with Gasteiger partial charge in [-0.1, -0.05) is 18.2 Å². The summed E-state index contributed by atoms with van der Waals surface area (Å²) in [5.41, 5.74) is 11.8. The van der Waals surface area contributed by atoms with E-state index < -0.39 is 18.0 Å². The molecular formula is C12H16N4O2. The van der Waals surface area contributed by atoms with Crippen LogP contribution in [0.5, 0.6) is 0 Å². The van der Waals surface area contributed by atoms with Crippen molar-refractivity contribution in [3.8, 4) is 0 Å². The molecule has 6 heteroatoms. The van der Waals surface area contributed by atoms with E-state index in [-0.39, 0.29) is 12.3 Å². The van der Waals surface area contributed by atoms with Gasteiger partial charge < -0.3 is 11.5 Å². The van der Waals surface area contributed by atoms with Crippen LogP contribution >= 0.6 is 0 Å². The summed E-state index contributed by atoms with van der Waals surface area (Å²) in [5.74, 6) is -0.694. The van der Waals surface area contributed by atoms with E-state index in [0.717, 1.165) is 5.69 Å². The minimum Gasteiger partial charge on any atom is -0.370 e. The number of carbonyl (C=O) groups excluding carboxylic acids is 2. The zero-order valence-electron chi connectivity index (χ0n) is 10.1. The summed E-state index contributed by atoms with van der Waals surface area (Å²) in [6.07, 6.45) is 0.0622. The van der Waals surface area contributed by atoms with Gasteiger partial charge in [0.1, 0.15) is 6.04 Å². The van der Waals surface area contributed by atoms with E-state index in [4.69, 9.17) is 11.5 Å². The highest BCUT2D eigenvalue weighted by molar-refractivity contribution is 5.99. The van der Waals surface area contributed by atoms with Crippen LogP contribution in [-0.4, -0.2) is 36.0 Å². The molecule has 4 N–H and O–H groups in total. The molecule has 2 unspecified atom stereocenters. The monoisotopic (exact) mass is 248 g/mol. The van der Waals surface area contributed by atoms with Crippen LogP contribution in [0.2, 0.25) is 0 Å². The Morgan fingerprint density at radius 2 is 1.94 bits per heavy atom. The molecule has 0 saturated carbocycles. The highest BCUT2D eigenvalue weighted by atomic mass is 16.2. The van der Waals surface area contributed by atoms with E-state index in [1.54, 1.807) is 12.1 Å². The van der Waals surface area contributed by atoms with E-state index in [0.29, 0.717) is 0 Å². The Balaban J connectivity index is 2.28. The Morgan fingerprint density at radius 3 is 2.50 bits per heavy atom. The third kappa shape index (κ3) is 2.07. The van der Waals surface area contributed by atoms with Crippen LogP contribution in [0, 0.1) is 0 Å². The van der Waals surface area contributed by atoms with Crippen molar-refractivity contribution < 1.29 is 9.59 Å². The van der Waals surface area contributed by atoms with Crippen LogP contribution < -0.4 is 16.5 Å². The fourth-order valence-corrected chi connectivity index (χ4v) is 2.19. The maximum absolute atomic E-state index is 12.1. The third-order valence-electron chi connectivity index (χ3n) is 3.11. The normalized spacial score (nSPS) is 24.6. The summed E-state index contributed by atoms with van der Waals surface area (Å²) < 4.78 is 0. The van der Waals surface area contributed by atoms with Gasteiger partial charge in [-0.25, -0.2) is 10.0 Å². The average Bonchev–Trinajstić information content (AvgIpc) is 2.54. The maximum Gasteiger partial charge on any atom is 0.260 e. The third-order valence-corrected chi connectivity index (χ3v) is 3.11. The van der Waals surface area contributed by atoms with Crippen molar-refractivity contribution in [2.75, 3.05) is 12.1 Å². The van der Waals surface area contributed by atoms with Gasteiger partial charge in [0.2, 0.25) is 5.91 Å². The van der Waals surface area contributed by atoms with Gasteiger partial charge >= 0.3 is 0 Å². The Bertz CT molecular complexity index is 462. The summed E-state index contributed by atoms with van der Waals surface area (Å²) in [6.45, 7) is 0. The Hall–Kier alpha value is -1.92. The number of nitrogens with two attached hydrogens (primary N) is 2. The van der Waals surface area contributed by atoms with Gasteiger partial charge in [-0.05, 0) is 12.1 Å². The first-order valence-corrected chi connectivity index (χ1v) is 5.68. The van der Waals surface area contributed by atoms with Crippen LogP contribution in [0.15, 0.2) is 30.3 Å². The number of nitrogens with zero attached hydrogens (tertiary/aromatic N) is 2. The summed E-state index contributed by atoms with van der Waals surface area (Å²) in [5, 5.41) is 3.16. The van der Waals surface area contributed by atoms with E-state index >= 15 is 0 Å². The molecule has 2 rings (SSSR count). The van der Waals surface area contributed by atoms with Crippen LogP contribution in [0.25, 0.3) is 0 Å². The minimum absolute atomic E-state index is 0.0622. The quantitative estimate of drug-likeness (QED) is 0.750. The molecule has 1 aromatic rings. The van der Waals surface area contributed by atoms with Crippen molar-refractivity contribution in [1.29, 1.82) is 0 Å². The number of primary amides is 1. The lowest BCUT2D eigenvalue weighted by Gasteiger charge is -2.27. The predicted molar refractivity (Wildman–Crippen MR) is 67.3 cm³/mol. The molecule has 0 aromatic heterocycles. The number of benzene rings is 1. The van der Waals surface area contributed by atoms with Crippen molar-refractivity contribution in [1.82, 2.24) is 5.01 Å². The second kappa shape index (κ2) is 4.75.